The Labute approximate surface area is 239 Å². The van der Waals surface area contributed by atoms with Crippen LogP contribution in [0.5, 0.6) is 0 Å². The van der Waals surface area contributed by atoms with Crippen LogP contribution in [0.2, 0.25) is 0 Å². The second kappa shape index (κ2) is 16.1. The molecule has 5 N–H and O–H groups in total. The number of ether oxygens (including phenoxy) is 2. The third kappa shape index (κ3) is 15.4. The average molecular weight is 597 g/mol. The van der Waals surface area contributed by atoms with Crippen molar-refractivity contribution in [3.05, 3.63) is 0 Å². The third-order valence-electron chi connectivity index (χ3n) is 6.67. The number of aliphatic hydroxyl groups is 3. The maximum Gasteiger partial charge on any atom is 0.407 e. The predicted molar refractivity (Wildman–Crippen MR) is 150 cm³/mol. The van der Waals surface area contributed by atoms with Gasteiger partial charge in [-0.2, -0.15) is 8.42 Å². The molecule has 0 aliphatic heterocycles. The number of rotatable bonds is 10. The highest BCUT2D eigenvalue weighted by Gasteiger charge is 2.35. The van der Waals surface area contributed by atoms with E-state index >= 15 is 0 Å². The molecule has 2 aliphatic carbocycles. The van der Waals surface area contributed by atoms with E-state index in [2.05, 4.69) is 10.6 Å². The molecule has 0 saturated heterocycles. The fourth-order valence-corrected chi connectivity index (χ4v) is 5.45. The largest absolute Gasteiger partial charge is 0.444 e. The fourth-order valence-electron chi connectivity index (χ4n) is 5.05. The zero-order valence-corrected chi connectivity index (χ0v) is 26.0. The van der Waals surface area contributed by atoms with Crippen molar-refractivity contribution in [1.29, 1.82) is 0 Å². The minimum atomic E-state index is -3.52. The van der Waals surface area contributed by atoms with Crippen LogP contribution in [0.1, 0.15) is 92.9 Å². The van der Waals surface area contributed by atoms with Gasteiger partial charge in [-0.1, -0.05) is 12.8 Å². The Hall–Kier alpha value is -1.67. The number of amides is 2. The van der Waals surface area contributed by atoms with Gasteiger partial charge in [-0.25, -0.2) is 9.59 Å². The van der Waals surface area contributed by atoms with Gasteiger partial charge in [-0.3, -0.25) is 4.18 Å². The van der Waals surface area contributed by atoms with Crippen molar-refractivity contribution in [1.82, 2.24) is 10.6 Å². The van der Waals surface area contributed by atoms with Gasteiger partial charge in [0.15, 0.2) is 0 Å². The molecule has 0 radical (unpaired) electrons. The molecule has 40 heavy (non-hydrogen) atoms. The summed E-state index contributed by atoms with van der Waals surface area (Å²) < 4.78 is 37.2. The highest BCUT2D eigenvalue weighted by Crippen LogP contribution is 2.31. The highest BCUT2D eigenvalue weighted by atomic mass is 32.2. The Bertz CT molecular complexity index is 885. The van der Waals surface area contributed by atoms with Gasteiger partial charge in [0.25, 0.3) is 10.1 Å². The van der Waals surface area contributed by atoms with Crippen molar-refractivity contribution in [2.45, 2.75) is 128 Å². The van der Waals surface area contributed by atoms with Crippen molar-refractivity contribution in [2.75, 3.05) is 19.5 Å². The van der Waals surface area contributed by atoms with Crippen molar-refractivity contribution in [2.24, 2.45) is 11.8 Å². The molecule has 2 rings (SSSR count). The molecule has 0 unspecified atom stereocenters. The summed E-state index contributed by atoms with van der Waals surface area (Å²) in [7, 11) is -3.52. The van der Waals surface area contributed by atoms with Crippen LogP contribution in [0.15, 0.2) is 0 Å². The average Bonchev–Trinajstić information content (AvgIpc) is 3.37. The molecule has 0 spiro atoms. The molecule has 13 heteroatoms. The molecule has 2 aliphatic rings. The lowest BCUT2D eigenvalue weighted by molar-refractivity contribution is 0.0407. The Balaban J connectivity index is 0.000000408. The van der Waals surface area contributed by atoms with Crippen molar-refractivity contribution in [3.63, 3.8) is 0 Å². The molecule has 0 heterocycles. The van der Waals surface area contributed by atoms with E-state index in [1.54, 1.807) is 41.5 Å². The number of carbonyl (C=O) groups is 2. The number of aliphatic hydroxyl groups excluding tert-OH is 3. The van der Waals surface area contributed by atoms with E-state index in [0.29, 0.717) is 19.3 Å². The Morgan fingerprint density at radius 1 is 0.800 bits per heavy atom. The van der Waals surface area contributed by atoms with Crippen LogP contribution in [-0.4, -0.2) is 90.9 Å². The van der Waals surface area contributed by atoms with E-state index < -0.39 is 45.7 Å². The van der Waals surface area contributed by atoms with E-state index in [-0.39, 0.29) is 37.1 Å². The standard InChI is InChI=1S/C14H27NO6S.C13H25NO4/c1-14(2,3)21-13(17)15-11(8-9-20-22(4,18)19)10-6-5-7-12(10)16;1-13(2,3)18-12(17)14-10(7-8-15)9-5-4-6-11(9)16/h10-12,16H,5-9H2,1-4H3,(H,15,17);9-11,15-16H,4-8H2,1-3H3,(H,14,17)/t10-,11+,12-;9-,10+,11-/m11/s1. The molecule has 0 bridgehead atoms. The normalized spacial score (nSPS) is 24.9. The first-order chi connectivity index (χ1) is 18.3. The van der Waals surface area contributed by atoms with Gasteiger partial charge in [0.2, 0.25) is 0 Å². The summed E-state index contributed by atoms with van der Waals surface area (Å²) in [5.74, 6) is -0.0969. The fraction of sp³-hybridized carbons (Fsp3) is 0.926. The lowest BCUT2D eigenvalue weighted by Gasteiger charge is -2.28. The Kier molecular flexibility index (Phi) is 14.6. The van der Waals surface area contributed by atoms with Gasteiger partial charge in [0.1, 0.15) is 11.2 Å². The summed E-state index contributed by atoms with van der Waals surface area (Å²) in [6.07, 6.45) is 4.72. The van der Waals surface area contributed by atoms with Gasteiger partial charge in [0.05, 0.1) is 25.1 Å². The molecule has 0 aromatic rings. The second-order valence-electron chi connectivity index (χ2n) is 12.7. The summed E-state index contributed by atoms with van der Waals surface area (Å²) in [4.78, 5) is 23.6. The topological polar surface area (TPSA) is 181 Å². The molecule has 0 aromatic carbocycles. The molecule has 2 saturated carbocycles. The minimum Gasteiger partial charge on any atom is -0.444 e. The van der Waals surface area contributed by atoms with Crippen molar-refractivity contribution < 1.29 is 47.0 Å². The number of nitrogens with one attached hydrogen (secondary N) is 2. The second-order valence-corrected chi connectivity index (χ2v) is 14.3. The molecular weight excluding hydrogens is 544 g/mol. The highest BCUT2D eigenvalue weighted by molar-refractivity contribution is 7.85. The SMILES string of the molecule is CC(C)(C)OC(=O)N[C@@H](CCO)[C@H]1CCC[C@H]1O.CC(C)(C)OC(=O)N[C@@H](CCOS(C)(=O)=O)[C@H]1CCC[C@H]1O. The number of carbonyl (C=O) groups excluding carboxylic acids is 2. The van der Waals surface area contributed by atoms with Crippen LogP contribution >= 0.6 is 0 Å². The van der Waals surface area contributed by atoms with Crippen LogP contribution in [0.4, 0.5) is 9.59 Å². The zero-order chi connectivity index (χ0) is 30.7. The molecule has 2 amide bonds. The van der Waals surface area contributed by atoms with Crippen molar-refractivity contribution >= 4 is 22.3 Å². The van der Waals surface area contributed by atoms with Crippen LogP contribution in [0.25, 0.3) is 0 Å². The number of hydrogen-bond acceptors (Lipinski definition) is 10. The van der Waals surface area contributed by atoms with Crippen LogP contribution in [0.3, 0.4) is 0 Å². The van der Waals surface area contributed by atoms with E-state index in [1.165, 1.54) is 0 Å². The van der Waals surface area contributed by atoms with Gasteiger partial charge in [0, 0.05) is 30.5 Å². The van der Waals surface area contributed by atoms with E-state index in [9.17, 15) is 28.2 Å². The van der Waals surface area contributed by atoms with Crippen LogP contribution in [-0.2, 0) is 23.8 Å². The first-order valence-corrected chi connectivity index (χ1v) is 15.9. The molecule has 236 valence electrons. The molecule has 2 fully saturated rings. The van der Waals surface area contributed by atoms with Crippen LogP contribution < -0.4 is 10.6 Å². The van der Waals surface area contributed by atoms with E-state index in [1.807, 2.05) is 0 Å². The maximum absolute atomic E-state index is 11.9. The summed E-state index contributed by atoms with van der Waals surface area (Å²) in [5.41, 5.74) is -1.16. The Morgan fingerprint density at radius 2 is 1.20 bits per heavy atom. The van der Waals surface area contributed by atoms with E-state index in [0.717, 1.165) is 38.4 Å². The van der Waals surface area contributed by atoms with Crippen molar-refractivity contribution in [3.8, 4) is 0 Å². The predicted octanol–water partition coefficient (Wildman–Crippen LogP) is 2.83. The molecular formula is C27H52N2O10S. The first kappa shape index (κ1) is 36.4. The monoisotopic (exact) mass is 596 g/mol. The van der Waals surface area contributed by atoms with Crippen LogP contribution in [0, 0.1) is 11.8 Å². The lowest BCUT2D eigenvalue weighted by atomic mass is 9.94. The quantitative estimate of drug-likeness (QED) is 0.235. The third-order valence-corrected chi connectivity index (χ3v) is 7.26. The van der Waals surface area contributed by atoms with Gasteiger partial charge in [-0.05, 0) is 80.1 Å². The lowest BCUT2D eigenvalue weighted by Crippen LogP contribution is -2.45. The van der Waals surface area contributed by atoms with E-state index in [4.69, 9.17) is 18.8 Å². The smallest absolute Gasteiger partial charge is 0.407 e. The first-order valence-electron chi connectivity index (χ1n) is 14.1. The Morgan fingerprint density at radius 3 is 1.50 bits per heavy atom. The number of hydrogen-bond donors (Lipinski definition) is 5. The molecule has 6 atom stereocenters. The summed E-state index contributed by atoms with van der Waals surface area (Å²) >= 11 is 0. The molecule has 0 aromatic heterocycles. The van der Waals surface area contributed by atoms with Gasteiger partial charge in [-0.15, -0.1) is 0 Å². The number of alkyl carbamates (subject to hydrolysis) is 2. The summed E-state index contributed by atoms with van der Waals surface area (Å²) in [5, 5.41) is 34.4. The zero-order valence-electron chi connectivity index (χ0n) is 25.1. The van der Waals surface area contributed by atoms with Gasteiger partial charge >= 0.3 is 12.2 Å². The molecule has 12 nitrogen and oxygen atoms in total. The summed E-state index contributed by atoms with van der Waals surface area (Å²) in [6.45, 7) is 10.6. The summed E-state index contributed by atoms with van der Waals surface area (Å²) in [6, 6.07) is -0.601. The van der Waals surface area contributed by atoms with Gasteiger partial charge < -0.3 is 35.4 Å². The maximum atomic E-state index is 11.9. The minimum absolute atomic E-state index is 0.0102.